The highest BCUT2D eigenvalue weighted by atomic mass is 14.9. The molecule has 0 radical (unpaired) electrons. The lowest BCUT2D eigenvalue weighted by Crippen LogP contribution is -2.41. The van der Waals surface area contributed by atoms with Crippen LogP contribution in [0.15, 0.2) is 0 Å². The zero-order valence-corrected chi connectivity index (χ0v) is 13.4. The van der Waals surface area contributed by atoms with E-state index in [1.54, 1.807) is 0 Å². The second kappa shape index (κ2) is 7.53. The van der Waals surface area contributed by atoms with Gasteiger partial charge in [0.25, 0.3) is 0 Å². The van der Waals surface area contributed by atoms with Gasteiger partial charge in [0.15, 0.2) is 0 Å². The van der Waals surface area contributed by atoms with E-state index in [9.17, 15) is 0 Å². The first kappa shape index (κ1) is 16.0. The zero-order valence-electron chi connectivity index (χ0n) is 13.4. The third-order valence-corrected chi connectivity index (χ3v) is 4.59. The van der Waals surface area contributed by atoms with E-state index in [2.05, 4.69) is 39.9 Å². The molecule has 1 aliphatic carbocycles. The summed E-state index contributed by atoms with van der Waals surface area (Å²) in [6, 6.07) is 0. The topological polar surface area (TPSA) is 12.0 Å². The van der Waals surface area contributed by atoms with Crippen LogP contribution in [-0.4, -0.2) is 12.1 Å². The minimum atomic E-state index is 0.269. The van der Waals surface area contributed by atoms with E-state index in [0.717, 1.165) is 17.8 Å². The van der Waals surface area contributed by atoms with Gasteiger partial charge in [-0.25, -0.2) is 0 Å². The van der Waals surface area contributed by atoms with Crippen molar-refractivity contribution in [2.24, 2.45) is 17.8 Å². The van der Waals surface area contributed by atoms with E-state index in [0.29, 0.717) is 0 Å². The minimum absolute atomic E-state index is 0.269. The van der Waals surface area contributed by atoms with Crippen molar-refractivity contribution in [3.63, 3.8) is 0 Å². The quantitative estimate of drug-likeness (QED) is 0.679. The Labute approximate surface area is 115 Å². The van der Waals surface area contributed by atoms with Crippen LogP contribution in [0.2, 0.25) is 0 Å². The average molecular weight is 253 g/mol. The standard InChI is InChI=1S/C17H35N/c1-6-10-14(2)16-12-9-7-8-11-15(16)13-18-17(3,4)5/h14-16,18H,6-13H2,1-5H3. The molecule has 3 atom stereocenters. The van der Waals surface area contributed by atoms with Crippen molar-refractivity contribution in [3.8, 4) is 0 Å². The van der Waals surface area contributed by atoms with Gasteiger partial charge in [-0.05, 0) is 57.9 Å². The Morgan fingerprint density at radius 3 is 2.39 bits per heavy atom. The molecule has 1 saturated carbocycles. The number of hydrogen-bond donors (Lipinski definition) is 1. The molecule has 108 valence electrons. The van der Waals surface area contributed by atoms with E-state index in [1.807, 2.05) is 0 Å². The molecule has 0 heterocycles. The van der Waals surface area contributed by atoms with Crippen LogP contribution in [0.1, 0.15) is 79.6 Å². The van der Waals surface area contributed by atoms with Crippen LogP contribution in [0.3, 0.4) is 0 Å². The summed E-state index contributed by atoms with van der Waals surface area (Å²) in [6.07, 6.45) is 10.0. The van der Waals surface area contributed by atoms with Gasteiger partial charge in [-0.2, -0.15) is 0 Å². The predicted octanol–water partition coefficient (Wildman–Crippen LogP) is 5.01. The summed E-state index contributed by atoms with van der Waals surface area (Å²) < 4.78 is 0. The Bertz CT molecular complexity index is 216. The monoisotopic (exact) mass is 253 g/mol. The minimum Gasteiger partial charge on any atom is -0.312 e. The van der Waals surface area contributed by atoms with Crippen molar-refractivity contribution >= 4 is 0 Å². The molecule has 3 unspecified atom stereocenters. The molecule has 0 bridgehead atoms. The maximum absolute atomic E-state index is 3.75. The van der Waals surface area contributed by atoms with Crippen LogP contribution < -0.4 is 5.32 Å². The Morgan fingerprint density at radius 1 is 1.11 bits per heavy atom. The van der Waals surface area contributed by atoms with Crippen molar-refractivity contribution in [2.45, 2.75) is 85.1 Å². The van der Waals surface area contributed by atoms with Crippen molar-refractivity contribution in [3.05, 3.63) is 0 Å². The van der Waals surface area contributed by atoms with E-state index in [-0.39, 0.29) is 5.54 Å². The molecule has 0 aliphatic heterocycles. The molecule has 0 spiro atoms. The fraction of sp³-hybridized carbons (Fsp3) is 1.00. The van der Waals surface area contributed by atoms with E-state index < -0.39 is 0 Å². The Kier molecular flexibility index (Phi) is 6.70. The fourth-order valence-electron chi connectivity index (χ4n) is 3.52. The first-order valence-electron chi connectivity index (χ1n) is 8.19. The second-order valence-corrected chi connectivity index (χ2v) is 7.46. The van der Waals surface area contributed by atoms with Crippen LogP contribution in [0.4, 0.5) is 0 Å². The first-order valence-corrected chi connectivity index (χ1v) is 8.19. The van der Waals surface area contributed by atoms with Crippen LogP contribution in [-0.2, 0) is 0 Å². The third-order valence-electron chi connectivity index (χ3n) is 4.59. The van der Waals surface area contributed by atoms with Crippen LogP contribution in [0.25, 0.3) is 0 Å². The number of hydrogen-bond acceptors (Lipinski definition) is 1. The molecular formula is C17H35N. The van der Waals surface area contributed by atoms with E-state index in [1.165, 1.54) is 51.5 Å². The van der Waals surface area contributed by atoms with Gasteiger partial charge in [0.2, 0.25) is 0 Å². The van der Waals surface area contributed by atoms with Gasteiger partial charge in [0.05, 0.1) is 0 Å². The highest BCUT2D eigenvalue weighted by Crippen LogP contribution is 2.35. The fourth-order valence-corrected chi connectivity index (χ4v) is 3.52. The lowest BCUT2D eigenvalue weighted by molar-refractivity contribution is 0.197. The lowest BCUT2D eigenvalue weighted by Gasteiger charge is -2.33. The van der Waals surface area contributed by atoms with Gasteiger partial charge < -0.3 is 5.32 Å². The van der Waals surface area contributed by atoms with Gasteiger partial charge >= 0.3 is 0 Å². The van der Waals surface area contributed by atoms with Crippen LogP contribution in [0, 0.1) is 17.8 Å². The lowest BCUT2D eigenvalue weighted by atomic mass is 9.77. The molecule has 0 aromatic rings. The van der Waals surface area contributed by atoms with E-state index in [4.69, 9.17) is 0 Å². The molecule has 1 N–H and O–H groups in total. The highest BCUT2D eigenvalue weighted by Gasteiger charge is 2.28. The summed E-state index contributed by atoms with van der Waals surface area (Å²) in [6.45, 7) is 12.9. The Balaban J connectivity index is 2.56. The molecule has 1 heteroatoms. The summed E-state index contributed by atoms with van der Waals surface area (Å²) in [5, 5.41) is 3.75. The average Bonchev–Trinajstić information content (AvgIpc) is 2.50. The Hall–Kier alpha value is -0.0400. The summed E-state index contributed by atoms with van der Waals surface area (Å²) in [5.74, 6) is 2.79. The smallest absolute Gasteiger partial charge is 0.00966 e. The SMILES string of the molecule is CCCC(C)C1CCCCCC1CNC(C)(C)C. The Morgan fingerprint density at radius 2 is 1.78 bits per heavy atom. The molecule has 1 aliphatic rings. The maximum atomic E-state index is 3.75. The van der Waals surface area contributed by atoms with Gasteiger partial charge in [0, 0.05) is 5.54 Å². The predicted molar refractivity (Wildman–Crippen MR) is 81.9 cm³/mol. The van der Waals surface area contributed by atoms with Crippen LogP contribution >= 0.6 is 0 Å². The van der Waals surface area contributed by atoms with Gasteiger partial charge in [-0.1, -0.05) is 46.0 Å². The van der Waals surface area contributed by atoms with Crippen molar-refractivity contribution in [1.82, 2.24) is 5.32 Å². The maximum Gasteiger partial charge on any atom is 0.00966 e. The molecule has 0 aromatic carbocycles. The largest absolute Gasteiger partial charge is 0.312 e. The molecule has 1 nitrogen and oxygen atoms in total. The van der Waals surface area contributed by atoms with Crippen LogP contribution in [0.5, 0.6) is 0 Å². The molecule has 1 rings (SSSR count). The summed E-state index contributed by atoms with van der Waals surface area (Å²) in [4.78, 5) is 0. The summed E-state index contributed by atoms with van der Waals surface area (Å²) >= 11 is 0. The van der Waals surface area contributed by atoms with Gasteiger partial charge in [0.1, 0.15) is 0 Å². The highest BCUT2D eigenvalue weighted by molar-refractivity contribution is 4.82. The van der Waals surface area contributed by atoms with Gasteiger partial charge in [-0.15, -0.1) is 0 Å². The van der Waals surface area contributed by atoms with Crippen molar-refractivity contribution in [1.29, 1.82) is 0 Å². The molecule has 0 saturated heterocycles. The first-order chi connectivity index (χ1) is 8.44. The molecular weight excluding hydrogens is 218 g/mol. The van der Waals surface area contributed by atoms with Crippen molar-refractivity contribution in [2.75, 3.05) is 6.54 Å². The number of rotatable bonds is 5. The summed E-state index contributed by atoms with van der Waals surface area (Å²) in [5.41, 5.74) is 0.269. The third kappa shape index (κ3) is 5.73. The zero-order chi connectivity index (χ0) is 13.6. The second-order valence-electron chi connectivity index (χ2n) is 7.46. The summed E-state index contributed by atoms with van der Waals surface area (Å²) in [7, 11) is 0. The van der Waals surface area contributed by atoms with E-state index >= 15 is 0 Å². The normalized spacial score (nSPS) is 27.8. The number of nitrogens with one attached hydrogen (secondary N) is 1. The van der Waals surface area contributed by atoms with Crippen molar-refractivity contribution < 1.29 is 0 Å². The van der Waals surface area contributed by atoms with Gasteiger partial charge in [-0.3, -0.25) is 0 Å². The molecule has 0 aromatic heterocycles. The molecule has 0 amide bonds. The molecule has 18 heavy (non-hydrogen) atoms. The molecule has 1 fully saturated rings.